The molecule has 1 saturated carbocycles. The molecule has 1 heterocycles. The third-order valence-corrected chi connectivity index (χ3v) is 6.96. The molecule has 0 saturated heterocycles. The minimum absolute atomic E-state index is 0.0316. The molecule has 172 valence electrons. The number of nitrogens with one attached hydrogen (secondary N) is 1. The van der Waals surface area contributed by atoms with Gasteiger partial charge >= 0.3 is 5.97 Å². The van der Waals surface area contributed by atoms with Gasteiger partial charge in [0.15, 0.2) is 0 Å². The molecule has 1 fully saturated rings. The van der Waals surface area contributed by atoms with Gasteiger partial charge in [0.25, 0.3) is 10.0 Å². The maximum atomic E-state index is 12.8. The van der Waals surface area contributed by atoms with Crippen LogP contribution in [0.5, 0.6) is 0 Å². The number of nitrogens with zero attached hydrogens (tertiary/aromatic N) is 1. The predicted molar refractivity (Wildman–Crippen MR) is 120 cm³/mol. The van der Waals surface area contributed by atoms with Crippen molar-refractivity contribution in [1.82, 2.24) is 9.88 Å². The van der Waals surface area contributed by atoms with Gasteiger partial charge in [0.05, 0.1) is 10.6 Å². The lowest BCUT2D eigenvalue weighted by Crippen LogP contribution is -2.32. The molecule has 4 rings (SSSR count). The normalized spacial score (nSPS) is 13.6. The summed E-state index contributed by atoms with van der Waals surface area (Å²) in [6.45, 7) is 1.98. The summed E-state index contributed by atoms with van der Waals surface area (Å²) >= 11 is 0. The van der Waals surface area contributed by atoms with Gasteiger partial charge in [0.1, 0.15) is 0 Å². The van der Waals surface area contributed by atoms with Gasteiger partial charge in [-0.05, 0) is 36.5 Å². The molecule has 0 bridgehead atoms. The number of carboxylic acids is 1. The van der Waals surface area contributed by atoms with Crippen molar-refractivity contribution in [3.8, 4) is 11.1 Å². The molecular formula is C24H24N2O6S. The highest BCUT2D eigenvalue weighted by molar-refractivity contribution is 7.90. The Balaban J connectivity index is 1.61. The fourth-order valence-corrected chi connectivity index (χ4v) is 4.96. The molecule has 1 aliphatic carbocycles. The van der Waals surface area contributed by atoms with E-state index in [1.165, 1.54) is 6.07 Å². The first kappa shape index (κ1) is 22.7. The molecular weight excluding hydrogens is 444 g/mol. The van der Waals surface area contributed by atoms with Crippen molar-refractivity contribution < 1.29 is 27.6 Å². The van der Waals surface area contributed by atoms with Crippen LogP contribution < -0.4 is 4.72 Å². The number of hydrogen-bond donors (Lipinski definition) is 2. The number of hydrogen-bond acceptors (Lipinski definition) is 6. The number of aryl methyl sites for hydroxylation is 1. The summed E-state index contributed by atoms with van der Waals surface area (Å²) < 4.78 is 32.9. The number of rotatable bonds is 9. The van der Waals surface area contributed by atoms with Crippen LogP contribution in [0, 0.1) is 5.92 Å². The maximum absolute atomic E-state index is 12.8. The third kappa shape index (κ3) is 4.98. The van der Waals surface area contributed by atoms with Crippen LogP contribution in [0.15, 0.2) is 57.9 Å². The lowest BCUT2D eigenvalue weighted by molar-refractivity contribution is -0.120. The fraction of sp³-hybridized carbons (Fsp3) is 0.292. The van der Waals surface area contributed by atoms with E-state index in [-0.39, 0.29) is 16.6 Å². The highest BCUT2D eigenvalue weighted by atomic mass is 32.2. The van der Waals surface area contributed by atoms with Crippen LogP contribution in [0.25, 0.3) is 11.1 Å². The van der Waals surface area contributed by atoms with Gasteiger partial charge in [-0.25, -0.2) is 17.9 Å². The Bertz CT molecular complexity index is 1290. The fourth-order valence-electron chi connectivity index (χ4n) is 3.69. The van der Waals surface area contributed by atoms with Gasteiger partial charge in [-0.1, -0.05) is 61.0 Å². The van der Waals surface area contributed by atoms with Gasteiger partial charge in [0, 0.05) is 23.5 Å². The lowest BCUT2D eigenvalue weighted by Gasteiger charge is -2.12. The second-order valence-corrected chi connectivity index (χ2v) is 9.76. The van der Waals surface area contributed by atoms with Crippen molar-refractivity contribution >= 4 is 21.9 Å². The summed E-state index contributed by atoms with van der Waals surface area (Å²) in [7, 11) is -4.01. The number of amides is 1. The van der Waals surface area contributed by atoms with E-state index in [4.69, 9.17) is 4.52 Å². The molecule has 8 nitrogen and oxygen atoms in total. The largest absolute Gasteiger partial charge is 0.475 e. The lowest BCUT2D eigenvalue weighted by atomic mass is 9.98. The minimum Gasteiger partial charge on any atom is -0.475 e. The van der Waals surface area contributed by atoms with Crippen LogP contribution in [0.2, 0.25) is 0 Å². The monoisotopic (exact) mass is 468 g/mol. The maximum Gasteiger partial charge on any atom is 0.375 e. The topological polar surface area (TPSA) is 127 Å². The first-order valence-corrected chi connectivity index (χ1v) is 12.2. The summed E-state index contributed by atoms with van der Waals surface area (Å²) in [6, 6.07) is 13.7. The van der Waals surface area contributed by atoms with E-state index in [1.807, 2.05) is 19.1 Å². The van der Waals surface area contributed by atoms with E-state index < -0.39 is 21.9 Å². The summed E-state index contributed by atoms with van der Waals surface area (Å²) in [5.41, 5.74) is 3.15. The molecule has 0 unspecified atom stereocenters. The second-order valence-electron chi connectivity index (χ2n) is 8.11. The number of carboxylic acid groups (broad SMARTS) is 1. The first-order chi connectivity index (χ1) is 15.8. The summed E-state index contributed by atoms with van der Waals surface area (Å²) in [5.74, 6) is -2.02. The first-order valence-electron chi connectivity index (χ1n) is 10.8. The zero-order chi connectivity index (χ0) is 23.6. The molecule has 0 atom stereocenters. The van der Waals surface area contributed by atoms with Crippen molar-refractivity contribution in [2.24, 2.45) is 5.92 Å². The van der Waals surface area contributed by atoms with Crippen LogP contribution >= 0.6 is 0 Å². The number of sulfonamides is 1. The van der Waals surface area contributed by atoms with E-state index in [2.05, 4.69) is 9.88 Å². The Morgan fingerprint density at radius 3 is 2.45 bits per heavy atom. The molecule has 0 aliphatic heterocycles. The Kier molecular flexibility index (Phi) is 6.33. The molecule has 2 N–H and O–H groups in total. The molecule has 3 aromatic rings. The molecule has 1 aliphatic rings. The number of carbonyl (C=O) groups excluding carboxylic acids is 1. The number of aromatic carboxylic acids is 1. The van der Waals surface area contributed by atoms with Gasteiger partial charge in [-0.2, -0.15) is 0 Å². The molecule has 0 radical (unpaired) electrons. The molecule has 1 aromatic heterocycles. The number of aromatic nitrogens is 1. The zero-order valence-electron chi connectivity index (χ0n) is 18.1. The molecule has 9 heteroatoms. The van der Waals surface area contributed by atoms with Crippen LogP contribution in [0.4, 0.5) is 0 Å². The van der Waals surface area contributed by atoms with E-state index in [0.717, 1.165) is 12.0 Å². The van der Waals surface area contributed by atoms with Crippen molar-refractivity contribution in [3.63, 3.8) is 0 Å². The Morgan fingerprint density at radius 2 is 1.82 bits per heavy atom. The number of benzene rings is 2. The van der Waals surface area contributed by atoms with Crippen molar-refractivity contribution in [2.45, 2.75) is 43.9 Å². The van der Waals surface area contributed by atoms with Gasteiger partial charge in [-0.15, -0.1) is 0 Å². The Morgan fingerprint density at radius 1 is 1.12 bits per heavy atom. The quantitative estimate of drug-likeness (QED) is 0.489. The van der Waals surface area contributed by atoms with Crippen molar-refractivity contribution in [1.29, 1.82) is 0 Å². The molecule has 1 amide bonds. The Hall–Kier alpha value is -3.46. The summed E-state index contributed by atoms with van der Waals surface area (Å²) in [4.78, 5) is 23.6. The van der Waals surface area contributed by atoms with Crippen LogP contribution in [0.3, 0.4) is 0 Å². The average molecular weight is 469 g/mol. The third-order valence-electron chi connectivity index (χ3n) is 5.56. The van der Waals surface area contributed by atoms with Crippen LogP contribution in [-0.2, 0) is 27.7 Å². The molecule has 2 aromatic carbocycles. The SMILES string of the molecule is CCCc1noc(C(=O)O)c1Cc1ccc(-c2ccccc2S(=O)(=O)NC(=O)C2CC2)cc1. The van der Waals surface area contributed by atoms with Crippen LogP contribution in [-0.4, -0.2) is 30.6 Å². The standard InChI is InChI=1S/C24H24N2O6S/c1-2-5-20-19(22(24(28)29)32-25-20)14-15-8-10-16(11-9-15)18-6-3-4-7-21(18)33(30,31)26-23(27)17-12-13-17/h3-4,6-11,17H,2,5,12-14H2,1H3,(H,26,27)(H,28,29). The van der Waals surface area contributed by atoms with Gasteiger partial charge in [0.2, 0.25) is 11.7 Å². The highest BCUT2D eigenvalue weighted by Crippen LogP contribution is 2.31. The average Bonchev–Trinajstić information content (AvgIpc) is 3.57. The van der Waals surface area contributed by atoms with Crippen molar-refractivity contribution in [3.05, 3.63) is 71.1 Å². The van der Waals surface area contributed by atoms with Gasteiger partial charge < -0.3 is 9.63 Å². The minimum atomic E-state index is -4.01. The predicted octanol–water partition coefficient (Wildman–Crippen LogP) is 3.80. The second kappa shape index (κ2) is 9.19. The van der Waals surface area contributed by atoms with E-state index in [9.17, 15) is 23.1 Å². The van der Waals surface area contributed by atoms with E-state index in [0.29, 0.717) is 48.1 Å². The summed E-state index contributed by atoms with van der Waals surface area (Å²) in [6.07, 6.45) is 3.17. The smallest absolute Gasteiger partial charge is 0.375 e. The highest BCUT2D eigenvalue weighted by Gasteiger charge is 2.33. The summed E-state index contributed by atoms with van der Waals surface area (Å²) in [5, 5.41) is 13.3. The Labute approximate surface area is 191 Å². The van der Waals surface area contributed by atoms with E-state index >= 15 is 0 Å². The van der Waals surface area contributed by atoms with E-state index in [1.54, 1.807) is 30.3 Å². The van der Waals surface area contributed by atoms with Crippen LogP contribution in [0.1, 0.15) is 53.6 Å². The molecule has 0 spiro atoms. The van der Waals surface area contributed by atoms with Crippen molar-refractivity contribution in [2.75, 3.05) is 0 Å². The zero-order valence-corrected chi connectivity index (χ0v) is 18.9. The molecule has 33 heavy (non-hydrogen) atoms. The number of carbonyl (C=O) groups is 2. The van der Waals surface area contributed by atoms with Gasteiger partial charge in [-0.3, -0.25) is 4.79 Å².